The van der Waals surface area contributed by atoms with Crippen LogP contribution in [-0.2, 0) is 12.8 Å². The molecule has 1 aliphatic carbocycles. The fraction of sp³-hybridized carbons (Fsp3) is 0.556. The zero-order valence-electron chi connectivity index (χ0n) is 23.1. The van der Waals surface area contributed by atoms with Crippen LogP contribution in [0, 0.1) is 23.7 Å². The predicted molar refractivity (Wildman–Crippen MR) is 158 cm³/mol. The fourth-order valence-corrected chi connectivity index (χ4v) is 5.66. The van der Waals surface area contributed by atoms with Crippen LogP contribution in [0.5, 0.6) is 0 Å². The van der Waals surface area contributed by atoms with Gasteiger partial charge in [-0.25, -0.2) is 0 Å². The van der Waals surface area contributed by atoms with Gasteiger partial charge in [0.1, 0.15) is 0 Å². The summed E-state index contributed by atoms with van der Waals surface area (Å²) in [6.45, 7) is 6.10. The molecule has 0 aromatic heterocycles. The molecule has 0 heterocycles. The van der Waals surface area contributed by atoms with E-state index in [0.29, 0.717) is 0 Å². The molecule has 36 heavy (non-hydrogen) atoms. The maximum absolute atomic E-state index is 3.80. The van der Waals surface area contributed by atoms with Crippen LogP contribution < -0.4 is 0 Å². The normalized spacial score (nSPS) is 17.4. The Kier molecular flexibility index (Phi) is 13.6. The third kappa shape index (κ3) is 11.2. The first kappa shape index (κ1) is 28.3. The minimum atomic E-state index is 0.941. The summed E-state index contributed by atoms with van der Waals surface area (Å²) in [5.41, 5.74) is 5.12. The van der Waals surface area contributed by atoms with Crippen molar-refractivity contribution in [3.05, 3.63) is 83.4 Å². The van der Waals surface area contributed by atoms with Gasteiger partial charge in [0.15, 0.2) is 0 Å². The summed E-state index contributed by atoms with van der Waals surface area (Å²) in [7, 11) is 0. The van der Waals surface area contributed by atoms with E-state index in [1.807, 2.05) is 6.08 Å². The van der Waals surface area contributed by atoms with Crippen molar-refractivity contribution in [3.63, 3.8) is 0 Å². The summed E-state index contributed by atoms with van der Waals surface area (Å²) in [4.78, 5) is 0. The second-order valence-corrected chi connectivity index (χ2v) is 11.2. The first-order valence-corrected chi connectivity index (χ1v) is 15.1. The number of rotatable bonds is 15. The van der Waals surface area contributed by atoms with E-state index in [1.165, 1.54) is 114 Å². The highest BCUT2D eigenvalue weighted by Crippen LogP contribution is 2.34. The van der Waals surface area contributed by atoms with Crippen LogP contribution in [0.3, 0.4) is 0 Å². The first-order valence-electron chi connectivity index (χ1n) is 15.1. The average molecular weight is 483 g/mol. The molecule has 0 saturated heterocycles. The van der Waals surface area contributed by atoms with Gasteiger partial charge in [0.25, 0.3) is 0 Å². The molecule has 2 aromatic carbocycles. The largest absolute Gasteiger partial charge is 0.103 e. The van der Waals surface area contributed by atoms with Crippen LogP contribution in [0.1, 0.15) is 125 Å². The standard InChI is InChI=1S/C36H50/c1-3-5-7-9-10-12-14-32-17-21-34(22-18-32)24-26-36-29-27-35(28-30-36)25-23-33-19-15-31(16-20-33)13-11-8-6-4-2/h3,17-18,21-22,27-31,33H,1,4-16,19-20,23,25H2,2H3. The Morgan fingerprint density at radius 3 is 1.75 bits per heavy atom. The van der Waals surface area contributed by atoms with Gasteiger partial charge in [-0.3, -0.25) is 0 Å². The van der Waals surface area contributed by atoms with E-state index in [1.54, 1.807) is 0 Å². The van der Waals surface area contributed by atoms with Crippen LogP contribution >= 0.6 is 0 Å². The number of hydrogen-bond acceptors (Lipinski definition) is 0. The number of unbranched alkanes of at least 4 members (excludes halogenated alkanes) is 7. The lowest BCUT2D eigenvalue weighted by Gasteiger charge is -2.28. The summed E-state index contributed by atoms with van der Waals surface area (Å²) < 4.78 is 0. The van der Waals surface area contributed by atoms with Crippen molar-refractivity contribution in [2.24, 2.45) is 11.8 Å². The van der Waals surface area contributed by atoms with E-state index in [0.717, 1.165) is 29.4 Å². The Morgan fingerprint density at radius 2 is 1.17 bits per heavy atom. The molecule has 0 bridgehead atoms. The molecule has 2 aromatic rings. The van der Waals surface area contributed by atoms with Gasteiger partial charge in [-0.15, -0.1) is 6.58 Å². The maximum Gasteiger partial charge on any atom is 0.0249 e. The van der Waals surface area contributed by atoms with Gasteiger partial charge < -0.3 is 0 Å². The van der Waals surface area contributed by atoms with Gasteiger partial charge in [0.2, 0.25) is 0 Å². The van der Waals surface area contributed by atoms with Crippen LogP contribution in [0.4, 0.5) is 0 Å². The summed E-state index contributed by atoms with van der Waals surface area (Å²) in [6, 6.07) is 17.8. The summed E-state index contributed by atoms with van der Waals surface area (Å²) in [5, 5.41) is 0. The Labute approximate surface area is 223 Å². The average Bonchev–Trinajstić information content (AvgIpc) is 2.92. The summed E-state index contributed by atoms with van der Waals surface area (Å²) in [5.74, 6) is 8.66. The molecule has 194 valence electrons. The molecule has 3 rings (SSSR count). The topological polar surface area (TPSA) is 0 Å². The van der Waals surface area contributed by atoms with Crippen molar-refractivity contribution < 1.29 is 0 Å². The lowest BCUT2D eigenvalue weighted by atomic mass is 9.77. The minimum Gasteiger partial charge on any atom is -0.103 e. The van der Waals surface area contributed by atoms with Crippen LogP contribution in [-0.4, -0.2) is 0 Å². The van der Waals surface area contributed by atoms with Gasteiger partial charge in [-0.2, -0.15) is 0 Å². The molecule has 0 radical (unpaired) electrons. The molecular weight excluding hydrogens is 432 g/mol. The number of aryl methyl sites for hydroxylation is 2. The molecule has 0 heteroatoms. The molecule has 0 nitrogen and oxygen atoms in total. The van der Waals surface area contributed by atoms with Crippen molar-refractivity contribution in [2.45, 2.75) is 116 Å². The van der Waals surface area contributed by atoms with E-state index >= 15 is 0 Å². The molecule has 0 spiro atoms. The van der Waals surface area contributed by atoms with Crippen LogP contribution in [0.2, 0.25) is 0 Å². The van der Waals surface area contributed by atoms with E-state index in [2.05, 4.69) is 73.9 Å². The van der Waals surface area contributed by atoms with Crippen molar-refractivity contribution in [2.75, 3.05) is 0 Å². The fourth-order valence-electron chi connectivity index (χ4n) is 5.66. The predicted octanol–water partition coefficient (Wildman–Crippen LogP) is 10.5. The number of allylic oxidation sites excluding steroid dienone is 1. The third-order valence-corrected chi connectivity index (χ3v) is 8.16. The number of benzene rings is 2. The Balaban J connectivity index is 1.34. The Bertz CT molecular complexity index is 897. The highest BCUT2D eigenvalue weighted by molar-refractivity contribution is 5.44. The van der Waals surface area contributed by atoms with Crippen molar-refractivity contribution in [1.82, 2.24) is 0 Å². The molecular formula is C36H50. The van der Waals surface area contributed by atoms with Gasteiger partial charge in [0, 0.05) is 11.1 Å². The third-order valence-electron chi connectivity index (χ3n) is 8.16. The van der Waals surface area contributed by atoms with E-state index in [-0.39, 0.29) is 0 Å². The number of hydrogen-bond donors (Lipinski definition) is 0. The second kappa shape index (κ2) is 17.2. The lowest BCUT2D eigenvalue weighted by Crippen LogP contribution is -2.15. The summed E-state index contributed by atoms with van der Waals surface area (Å²) in [6.07, 6.45) is 25.1. The van der Waals surface area contributed by atoms with E-state index in [9.17, 15) is 0 Å². The molecule has 0 atom stereocenters. The van der Waals surface area contributed by atoms with E-state index in [4.69, 9.17) is 0 Å². The molecule has 1 saturated carbocycles. The van der Waals surface area contributed by atoms with Crippen molar-refractivity contribution in [1.29, 1.82) is 0 Å². The smallest absolute Gasteiger partial charge is 0.0249 e. The molecule has 0 aliphatic heterocycles. The zero-order chi connectivity index (χ0) is 25.3. The SMILES string of the molecule is C=CCCCCCCc1ccc(C#Cc2ccc(CCC3CCC(CCCCCC)CC3)cc2)cc1. The van der Waals surface area contributed by atoms with Crippen molar-refractivity contribution >= 4 is 0 Å². The van der Waals surface area contributed by atoms with Gasteiger partial charge >= 0.3 is 0 Å². The molecule has 1 fully saturated rings. The van der Waals surface area contributed by atoms with Gasteiger partial charge in [0.05, 0.1) is 0 Å². The Morgan fingerprint density at radius 1 is 0.639 bits per heavy atom. The van der Waals surface area contributed by atoms with Gasteiger partial charge in [-0.05, 0) is 85.8 Å². The minimum absolute atomic E-state index is 0.941. The lowest BCUT2D eigenvalue weighted by molar-refractivity contribution is 0.249. The van der Waals surface area contributed by atoms with Crippen molar-refractivity contribution in [3.8, 4) is 11.8 Å². The maximum atomic E-state index is 3.80. The van der Waals surface area contributed by atoms with Crippen LogP contribution in [0.25, 0.3) is 0 Å². The zero-order valence-corrected chi connectivity index (χ0v) is 23.1. The Hall–Kier alpha value is -2.26. The first-order chi connectivity index (χ1) is 17.8. The monoisotopic (exact) mass is 482 g/mol. The van der Waals surface area contributed by atoms with Crippen LogP contribution in [0.15, 0.2) is 61.2 Å². The highest BCUT2D eigenvalue weighted by Gasteiger charge is 2.20. The highest BCUT2D eigenvalue weighted by atomic mass is 14.3. The quantitative estimate of drug-likeness (QED) is 0.134. The second-order valence-electron chi connectivity index (χ2n) is 11.2. The molecule has 0 N–H and O–H groups in total. The molecule has 0 amide bonds. The molecule has 0 unspecified atom stereocenters. The molecule has 1 aliphatic rings. The van der Waals surface area contributed by atoms with E-state index < -0.39 is 0 Å². The summed E-state index contributed by atoms with van der Waals surface area (Å²) >= 11 is 0. The van der Waals surface area contributed by atoms with Gasteiger partial charge in [-0.1, -0.05) is 120 Å².